The lowest BCUT2D eigenvalue weighted by Crippen LogP contribution is -2.50. The van der Waals surface area contributed by atoms with E-state index in [1.54, 1.807) is 14.1 Å². The Morgan fingerprint density at radius 3 is 1.19 bits per heavy atom. The molecule has 0 saturated heterocycles. The number of ether oxygens (including phenoxy) is 2. The number of rotatable bonds is 16. The van der Waals surface area contributed by atoms with Crippen molar-refractivity contribution in [2.24, 2.45) is 9.98 Å². The first-order valence-electron chi connectivity index (χ1n) is 12.4. The van der Waals surface area contributed by atoms with Crippen molar-refractivity contribution in [1.82, 2.24) is 0 Å². The Hall–Kier alpha value is -1.92. The van der Waals surface area contributed by atoms with E-state index in [1.807, 2.05) is 24.6 Å². The Kier molecular flexibility index (Phi) is 12.5. The molecule has 0 bridgehead atoms. The molecule has 6 nitrogen and oxygen atoms in total. The monoisotopic (exact) mass is 448 g/mol. The number of hydrogen-bond donors (Lipinski definition) is 0. The van der Waals surface area contributed by atoms with Gasteiger partial charge < -0.3 is 18.4 Å². The van der Waals surface area contributed by atoms with E-state index in [4.69, 9.17) is 9.47 Å². The average Bonchev–Trinajstić information content (AvgIpc) is 2.82. The van der Waals surface area contributed by atoms with Crippen molar-refractivity contribution in [2.75, 3.05) is 79.7 Å². The molecule has 0 unspecified atom stereocenters. The van der Waals surface area contributed by atoms with Crippen LogP contribution in [0.3, 0.4) is 0 Å². The molecule has 0 amide bonds. The molecule has 0 saturated carbocycles. The van der Waals surface area contributed by atoms with Crippen LogP contribution in [0.5, 0.6) is 11.5 Å². The molecule has 1 aromatic rings. The van der Waals surface area contributed by atoms with Crippen LogP contribution in [0.1, 0.15) is 52.7 Å². The molecule has 0 radical (unpaired) electrons. The van der Waals surface area contributed by atoms with Crippen molar-refractivity contribution in [2.45, 2.75) is 41.5 Å². The van der Waals surface area contributed by atoms with Gasteiger partial charge in [0, 0.05) is 37.7 Å². The highest BCUT2D eigenvalue weighted by molar-refractivity contribution is 5.90. The van der Waals surface area contributed by atoms with Crippen molar-refractivity contribution in [1.29, 1.82) is 0 Å². The Bertz CT molecular complexity index is 645. The number of quaternary nitrogens is 2. The van der Waals surface area contributed by atoms with Crippen LogP contribution in [-0.4, -0.2) is 101 Å². The number of nitrogens with zero attached hydrogens (tertiary/aromatic N) is 4. The molecule has 0 spiro atoms. The fourth-order valence-corrected chi connectivity index (χ4v) is 4.31. The number of benzene rings is 1. The molecule has 0 fully saturated rings. The summed E-state index contributed by atoms with van der Waals surface area (Å²) in [6, 6.07) is 4.08. The predicted octanol–water partition coefficient (Wildman–Crippen LogP) is 4.29. The quantitative estimate of drug-likeness (QED) is 0.280. The summed E-state index contributed by atoms with van der Waals surface area (Å²) < 4.78 is 14.7. The molecule has 32 heavy (non-hydrogen) atoms. The summed E-state index contributed by atoms with van der Waals surface area (Å²) in [7, 11) is 3.57. The van der Waals surface area contributed by atoms with Crippen LogP contribution < -0.4 is 9.47 Å². The van der Waals surface area contributed by atoms with E-state index in [0.717, 1.165) is 84.0 Å². The maximum atomic E-state index is 6.28. The van der Waals surface area contributed by atoms with Crippen molar-refractivity contribution >= 4 is 12.4 Å². The second kappa shape index (κ2) is 14.3. The minimum absolute atomic E-state index is 0.673. The molecule has 6 heteroatoms. The van der Waals surface area contributed by atoms with E-state index in [-0.39, 0.29) is 0 Å². The van der Waals surface area contributed by atoms with Gasteiger partial charge in [-0.2, -0.15) is 0 Å². The molecule has 182 valence electrons. The maximum absolute atomic E-state index is 6.28. The van der Waals surface area contributed by atoms with E-state index < -0.39 is 0 Å². The van der Waals surface area contributed by atoms with Crippen LogP contribution in [0, 0.1) is 0 Å². The first-order valence-corrected chi connectivity index (χ1v) is 12.4. The topological polar surface area (TPSA) is 43.2 Å². The zero-order valence-corrected chi connectivity index (χ0v) is 22.0. The van der Waals surface area contributed by atoms with Crippen LogP contribution in [0.4, 0.5) is 0 Å². The zero-order valence-electron chi connectivity index (χ0n) is 22.0. The third-order valence-electron chi connectivity index (χ3n) is 7.35. The average molecular weight is 449 g/mol. The highest BCUT2D eigenvalue weighted by Gasteiger charge is 2.22. The third kappa shape index (κ3) is 7.59. The summed E-state index contributed by atoms with van der Waals surface area (Å²) in [6.45, 7) is 23.6. The maximum Gasteiger partial charge on any atom is 0.137 e. The van der Waals surface area contributed by atoms with E-state index >= 15 is 0 Å². The molecule has 0 aromatic heterocycles. The van der Waals surface area contributed by atoms with E-state index in [2.05, 4.69) is 51.5 Å². The summed E-state index contributed by atoms with van der Waals surface area (Å²) in [5.41, 5.74) is 1.89. The van der Waals surface area contributed by atoms with E-state index in [0.29, 0.717) is 13.2 Å². The van der Waals surface area contributed by atoms with Gasteiger partial charge in [0.25, 0.3) is 0 Å². The van der Waals surface area contributed by atoms with Gasteiger partial charge in [-0.1, -0.05) is 0 Å². The SMILES string of the molecule is CC[N+](CC)(CC)CCOc1cc(C=NC)c(OCC[N+](CC)(CC)CC)cc1C=NC. The molecule has 1 aromatic carbocycles. The fourth-order valence-electron chi connectivity index (χ4n) is 4.31. The van der Waals surface area contributed by atoms with Gasteiger partial charge >= 0.3 is 0 Å². The third-order valence-corrected chi connectivity index (χ3v) is 7.35. The zero-order chi connectivity index (χ0) is 24.0. The van der Waals surface area contributed by atoms with Crippen molar-refractivity contribution in [3.05, 3.63) is 23.3 Å². The minimum Gasteiger partial charge on any atom is -0.487 e. The van der Waals surface area contributed by atoms with Crippen LogP contribution >= 0.6 is 0 Å². The number of hydrogen-bond acceptors (Lipinski definition) is 4. The Morgan fingerprint density at radius 1 is 0.625 bits per heavy atom. The Labute approximate surface area is 197 Å². The van der Waals surface area contributed by atoms with Crippen LogP contribution in [-0.2, 0) is 0 Å². The summed E-state index contributed by atoms with van der Waals surface area (Å²) >= 11 is 0. The molecular formula is C26H48N4O2+2. The van der Waals surface area contributed by atoms with E-state index in [1.165, 1.54) is 0 Å². The lowest BCUT2D eigenvalue weighted by molar-refractivity contribution is -0.923. The fraction of sp³-hybridized carbons (Fsp3) is 0.692. The van der Waals surface area contributed by atoms with Gasteiger partial charge in [-0.3, -0.25) is 9.98 Å². The molecule has 1 rings (SSSR count). The lowest BCUT2D eigenvalue weighted by Gasteiger charge is -2.35. The summed E-state index contributed by atoms with van der Waals surface area (Å²) in [5, 5.41) is 0. The van der Waals surface area contributed by atoms with E-state index in [9.17, 15) is 0 Å². The smallest absolute Gasteiger partial charge is 0.137 e. The van der Waals surface area contributed by atoms with Crippen molar-refractivity contribution < 1.29 is 18.4 Å². The Balaban J connectivity index is 3.08. The highest BCUT2D eigenvalue weighted by atomic mass is 16.5. The van der Waals surface area contributed by atoms with Gasteiger partial charge in [-0.15, -0.1) is 0 Å². The second-order valence-corrected chi connectivity index (χ2v) is 8.43. The summed E-state index contributed by atoms with van der Waals surface area (Å²) in [6.07, 6.45) is 3.70. The molecule has 0 aliphatic rings. The molecule has 0 aliphatic carbocycles. The second-order valence-electron chi connectivity index (χ2n) is 8.43. The van der Waals surface area contributed by atoms with Gasteiger partial charge in [0.15, 0.2) is 0 Å². The molecule has 0 N–H and O–H groups in total. The normalized spacial score (nSPS) is 12.8. The van der Waals surface area contributed by atoms with Crippen LogP contribution in [0.15, 0.2) is 22.1 Å². The first-order chi connectivity index (χ1) is 15.4. The Morgan fingerprint density at radius 2 is 0.938 bits per heavy atom. The number of aliphatic imine (C=N–C) groups is 2. The van der Waals surface area contributed by atoms with Gasteiger partial charge in [0.2, 0.25) is 0 Å². The van der Waals surface area contributed by atoms with Gasteiger partial charge in [0.1, 0.15) is 37.8 Å². The van der Waals surface area contributed by atoms with Gasteiger partial charge in [0.05, 0.1) is 39.3 Å². The highest BCUT2D eigenvalue weighted by Crippen LogP contribution is 2.28. The van der Waals surface area contributed by atoms with Crippen molar-refractivity contribution in [3.8, 4) is 11.5 Å². The summed E-state index contributed by atoms with van der Waals surface area (Å²) in [5.74, 6) is 1.67. The standard InChI is InChI=1S/C26H48N4O2/c1-9-29(10-2,11-3)15-17-31-25-19-24(22-28-8)26(20-23(25)21-27-7)32-18-16-30(12-4,13-5)14-6/h19-22H,9-18H2,1-8H3/q+2. The largest absolute Gasteiger partial charge is 0.487 e. The first kappa shape index (κ1) is 28.1. The minimum atomic E-state index is 0.673. The summed E-state index contributed by atoms with van der Waals surface area (Å²) in [4.78, 5) is 8.49. The van der Waals surface area contributed by atoms with Gasteiger partial charge in [-0.05, 0) is 53.7 Å². The van der Waals surface area contributed by atoms with Crippen LogP contribution in [0.25, 0.3) is 0 Å². The molecule has 0 atom stereocenters. The lowest BCUT2D eigenvalue weighted by atomic mass is 10.1. The number of likely N-dealkylation sites (N-methyl/N-ethyl adjacent to an activating group) is 2. The predicted molar refractivity (Wildman–Crippen MR) is 138 cm³/mol. The molecular weight excluding hydrogens is 400 g/mol. The van der Waals surface area contributed by atoms with Crippen molar-refractivity contribution in [3.63, 3.8) is 0 Å². The molecule has 0 heterocycles. The van der Waals surface area contributed by atoms with Crippen LogP contribution in [0.2, 0.25) is 0 Å². The van der Waals surface area contributed by atoms with Gasteiger partial charge in [-0.25, -0.2) is 0 Å². The molecule has 0 aliphatic heterocycles.